The molecule has 0 aliphatic carbocycles. The third-order valence-corrected chi connectivity index (χ3v) is 3.35. The zero-order valence-electron chi connectivity index (χ0n) is 13.0. The zero-order valence-corrected chi connectivity index (χ0v) is 13.0. The summed E-state index contributed by atoms with van der Waals surface area (Å²) in [6.45, 7) is 6.40. The summed E-state index contributed by atoms with van der Waals surface area (Å²) in [6.07, 6.45) is 1.64. The molecule has 1 aliphatic rings. The minimum Gasteiger partial charge on any atom is -0.480 e. The number of hydrogen-bond acceptors (Lipinski definition) is 5. The lowest BCUT2D eigenvalue weighted by Gasteiger charge is -2.24. The second-order valence-electron chi connectivity index (χ2n) is 6.38. The lowest BCUT2D eigenvalue weighted by molar-refractivity contribution is -0.143. The Morgan fingerprint density at radius 1 is 1.50 bits per heavy atom. The summed E-state index contributed by atoms with van der Waals surface area (Å²) in [5.74, 6) is -0.571. The fourth-order valence-electron chi connectivity index (χ4n) is 2.52. The van der Waals surface area contributed by atoms with Gasteiger partial charge in [-0.3, -0.25) is 9.69 Å². The topological polar surface area (TPSA) is 92.0 Å². The maximum Gasteiger partial charge on any atom is 0.407 e. The van der Waals surface area contributed by atoms with Gasteiger partial charge in [0, 0.05) is 19.1 Å². The van der Waals surface area contributed by atoms with E-state index in [9.17, 15) is 14.7 Å². The Hall–Kier alpha value is -2.02. The van der Waals surface area contributed by atoms with Gasteiger partial charge in [0.25, 0.3) is 0 Å². The summed E-state index contributed by atoms with van der Waals surface area (Å²) < 4.78 is 10.4. The maximum absolute atomic E-state index is 11.8. The van der Waals surface area contributed by atoms with Crippen molar-refractivity contribution in [1.82, 2.24) is 10.2 Å². The number of carbonyl (C=O) groups is 2. The molecule has 0 spiro atoms. The molecule has 0 unspecified atom stereocenters. The smallest absolute Gasteiger partial charge is 0.407 e. The molecule has 7 nitrogen and oxygen atoms in total. The summed E-state index contributed by atoms with van der Waals surface area (Å²) >= 11 is 0. The Labute approximate surface area is 129 Å². The van der Waals surface area contributed by atoms with Gasteiger partial charge >= 0.3 is 12.1 Å². The van der Waals surface area contributed by atoms with Gasteiger partial charge in [0.15, 0.2) is 6.04 Å². The maximum atomic E-state index is 11.8. The van der Waals surface area contributed by atoms with Crippen molar-refractivity contribution in [2.45, 2.75) is 44.9 Å². The first-order valence-electron chi connectivity index (χ1n) is 7.26. The number of ether oxygens (including phenoxy) is 1. The van der Waals surface area contributed by atoms with Crippen LogP contribution in [-0.4, -0.2) is 46.8 Å². The Kier molecular flexibility index (Phi) is 4.75. The Balaban J connectivity index is 1.94. The number of carboxylic acids is 1. The molecular weight excluding hydrogens is 288 g/mol. The van der Waals surface area contributed by atoms with Gasteiger partial charge in [-0.05, 0) is 39.3 Å². The van der Waals surface area contributed by atoms with E-state index in [1.165, 1.54) is 6.26 Å². The van der Waals surface area contributed by atoms with Gasteiger partial charge in [-0.1, -0.05) is 0 Å². The molecule has 0 aromatic carbocycles. The SMILES string of the molecule is CC(C)(C)OC(=O)N[C@@H]1CCN([C@@H](C(=O)O)c2ccco2)C1. The number of carbonyl (C=O) groups excluding carboxylic acids is 1. The van der Waals surface area contributed by atoms with Crippen molar-refractivity contribution in [3.05, 3.63) is 24.2 Å². The Bertz CT molecular complexity index is 521. The van der Waals surface area contributed by atoms with Crippen LogP contribution in [0.4, 0.5) is 4.79 Å². The van der Waals surface area contributed by atoms with Crippen molar-refractivity contribution in [3.63, 3.8) is 0 Å². The normalized spacial score (nSPS) is 20.6. The van der Waals surface area contributed by atoms with Crippen LogP contribution in [0.5, 0.6) is 0 Å². The van der Waals surface area contributed by atoms with Gasteiger partial charge < -0.3 is 19.6 Å². The fraction of sp³-hybridized carbons (Fsp3) is 0.600. The van der Waals surface area contributed by atoms with E-state index in [-0.39, 0.29) is 6.04 Å². The van der Waals surface area contributed by atoms with E-state index in [2.05, 4.69) is 5.32 Å². The number of carboxylic acid groups (broad SMARTS) is 1. The molecule has 1 amide bonds. The first-order valence-corrected chi connectivity index (χ1v) is 7.26. The fourth-order valence-corrected chi connectivity index (χ4v) is 2.52. The van der Waals surface area contributed by atoms with Crippen molar-refractivity contribution >= 4 is 12.1 Å². The van der Waals surface area contributed by atoms with Gasteiger partial charge in [-0.25, -0.2) is 4.79 Å². The predicted molar refractivity (Wildman–Crippen MR) is 78.4 cm³/mol. The largest absolute Gasteiger partial charge is 0.480 e. The molecule has 7 heteroatoms. The number of amides is 1. The van der Waals surface area contributed by atoms with Crippen LogP contribution in [0.1, 0.15) is 39.0 Å². The van der Waals surface area contributed by atoms with E-state index in [1.54, 1.807) is 37.8 Å². The number of aliphatic carboxylic acids is 1. The molecule has 22 heavy (non-hydrogen) atoms. The molecular formula is C15H22N2O5. The summed E-state index contributed by atoms with van der Waals surface area (Å²) in [5, 5.41) is 12.2. The molecule has 1 aliphatic heterocycles. The number of hydrogen-bond donors (Lipinski definition) is 2. The number of rotatable bonds is 4. The highest BCUT2D eigenvalue weighted by Gasteiger charge is 2.36. The Morgan fingerprint density at radius 3 is 2.77 bits per heavy atom. The molecule has 0 radical (unpaired) electrons. The van der Waals surface area contributed by atoms with E-state index >= 15 is 0 Å². The van der Waals surface area contributed by atoms with E-state index in [0.717, 1.165) is 0 Å². The number of likely N-dealkylation sites (tertiary alicyclic amines) is 1. The minimum atomic E-state index is -0.965. The molecule has 1 aromatic heterocycles. The molecule has 2 atom stereocenters. The second kappa shape index (κ2) is 6.39. The third-order valence-electron chi connectivity index (χ3n) is 3.35. The molecule has 2 rings (SSSR count). The van der Waals surface area contributed by atoms with Crippen molar-refractivity contribution in [2.75, 3.05) is 13.1 Å². The van der Waals surface area contributed by atoms with Crippen LogP contribution in [0.25, 0.3) is 0 Å². The van der Waals surface area contributed by atoms with E-state index < -0.39 is 23.7 Å². The summed E-state index contributed by atoms with van der Waals surface area (Å²) in [5.41, 5.74) is -0.555. The van der Waals surface area contributed by atoms with Crippen LogP contribution in [0.3, 0.4) is 0 Å². The summed E-state index contributed by atoms with van der Waals surface area (Å²) in [6, 6.07) is 2.35. The van der Waals surface area contributed by atoms with Gasteiger partial charge in [-0.15, -0.1) is 0 Å². The van der Waals surface area contributed by atoms with Gasteiger partial charge in [-0.2, -0.15) is 0 Å². The van der Waals surface area contributed by atoms with Crippen molar-refractivity contribution < 1.29 is 23.8 Å². The second-order valence-corrected chi connectivity index (χ2v) is 6.38. The van der Waals surface area contributed by atoms with Crippen LogP contribution in [0, 0.1) is 0 Å². The summed E-state index contributed by atoms with van der Waals surface area (Å²) in [4.78, 5) is 25.0. The van der Waals surface area contributed by atoms with Crippen LogP contribution in [-0.2, 0) is 9.53 Å². The highest BCUT2D eigenvalue weighted by molar-refractivity contribution is 5.74. The van der Waals surface area contributed by atoms with Crippen molar-refractivity contribution in [1.29, 1.82) is 0 Å². The van der Waals surface area contributed by atoms with Crippen molar-refractivity contribution in [2.24, 2.45) is 0 Å². The number of furan rings is 1. The van der Waals surface area contributed by atoms with Gasteiger partial charge in [0.1, 0.15) is 11.4 Å². The first-order chi connectivity index (χ1) is 10.3. The highest BCUT2D eigenvalue weighted by Crippen LogP contribution is 2.26. The third kappa shape index (κ3) is 4.24. The molecule has 1 saturated heterocycles. The lowest BCUT2D eigenvalue weighted by Crippen LogP contribution is -2.41. The van der Waals surface area contributed by atoms with Crippen LogP contribution in [0.15, 0.2) is 22.8 Å². The number of alkyl carbamates (subject to hydrolysis) is 1. The Morgan fingerprint density at radius 2 is 2.23 bits per heavy atom. The van der Waals surface area contributed by atoms with E-state index in [4.69, 9.17) is 9.15 Å². The van der Waals surface area contributed by atoms with Crippen molar-refractivity contribution in [3.8, 4) is 0 Å². The minimum absolute atomic E-state index is 0.133. The average molecular weight is 310 g/mol. The monoisotopic (exact) mass is 310 g/mol. The predicted octanol–water partition coefficient (Wildman–Crippen LogP) is 2.00. The molecule has 1 aromatic rings. The van der Waals surface area contributed by atoms with Crippen LogP contribution in [0.2, 0.25) is 0 Å². The van der Waals surface area contributed by atoms with Gasteiger partial charge in [0.05, 0.1) is 6.26 Å². The first kappa shape index (κ1) is 16.4. The molecule has 0 bridgehead atoms. The quantitative estimate of drug-likeness (QED) is 0.884. The highest BCUT2D eigenvalue weighted by atomic mass is 16.6. The molecule has 0 saturated carbocycles. The zero-order chi connectivity index (χ0) is 16.3. The molecule has 122 valence electrons. The molecule has 1 fully saturated rings. The van der Waals surface area contributed by atoms with E-state index in [0.29, 0.717) is 25.3 Å². The van der Waals surface area contributed by atoms with Crippen LogP contribution < -0.4 is 5.32 Å². The standard InChI is InChI=1S/C15H22N2O5/c1-15(2,3)22-14(20)16-10-6-7-17(9-10)12(13(18)19)11-5-4-8-21-11/h4-5,8,10,12H,6-7,9H2,1-3H3,(H,16,20)(H,18,19)/t10-,12-/m1/s1. The lowest BCUT2D eigenvalue weighted by atomic mass is 10.2. The summed E-state index contributed by atoms with van der Waals surface area (Å²) in [7, 11) is 0. The number of nitrogens with one attached hydrogen (secondary N) is 1. The molecule has 2 heterocycles. The number of nitrogens with zero attached hydrogens (tertiary/aromatic N) is 1. The van der Waals surface area contributed by atoms with Crippen LogP contribution >= 0.6 is 0 Å². The van der Waals surface area contributed by atoms with Gasteiger partial charge in [0.2, 0.25) is 0 Å². The average Bonchev–Trinajstić information content (AvgIpc) is 2.99. The van der Waals surface area contributed by atoms with E-state index in [1.807, 2.05) is 0 Å². The molecule has 2 N–H and O–H groups in total.